The molecule has 2 saturated carbocycles. The molecule has 7 atom stereocenters. The second-order valence-corrected chi connectivity index (χ2v) is 13.2. The SMILES string of the molecule is C[C@@H]1C2C([Si](C)(C)C)C3[C@H]1C(=O)O[C@@H]3[C@H]2Br. The summed E-state index contributed by atoms with van der Waals surface area (Å²) in [5.41, 5.74) is 0.758. The molecule has 16 heavy (non-hydrogen) atoms. The maximum absolute atomic E-state index is 11.9. The van der Waals surface area contributed by atoms with Crippen LogP contribution in [0.4, 0.5) is 0 Å². The molecule has 0 aromatic heterocycles. The standard InChI is InChI=1S/C12H19BrO2Si/c1-5-6-8-10(15-12(6)14)9(13)7(5)11(8)16(2,3)4/h5-11H,1-4H3/t5-,6-,7?,8?,9-,10-,11?/m0/s1. The average molecular weight is 303 g/mol. The van der Waals surface area contributed by atoms with E-state index < -0.39 is 8.07 Å². The van der Waals surface area contributed by atoms with Gasteiger partial charge in [-0.05, 0) is 17.4 Å². The van der Waals surface area contributed by atoms with Gasteiger partial charge in [0.25, 0.3) is 0 Å². The van der Waals surface area contributed by atoms with Gasteiger partial charge in [0.2, 0.25) is 0 Å². The zero-order chi connectivity index (χ0) is 11.8. The molecule has 0 radical (unpaired) electrons. The molecule has 1 saturated heterocycles. The Morgan fingerprint density at radius 2 is 1.88 bits per heavy atom. The van der Waals surface area contributed by atoms with Crippen molar-refractivity contribution in [2.75, 3.05) is 0 Å². The van der Waals surface area contributed by atoms with Crippen molar-refractivity contribution < 1.29 is 9.53 Å². The maximum Gasteiger partial charge on any atom is 0.309 e. The molecule has 3 fully saturated rings. The van der Waals surface area contributed by atoms with Gasteiger partial charge < -0.3 is 4.74 Å². The topological polar surface area (TPSA) is 26.3 Å². The number of fused-ring (bicyclic) bond motifs is 1. The van der Waals surface area contributed by atoms with Crippen LogP contribution in [0.2, 0.25) is 25.2 Å². The molecule has 0 aromatic rings. The molecule has 3 aliphatic rings. The van der Waals surface area contributed by atoms with Gasteiger partial charge in [-0.3, -0.25) is 4.79 Å². The molecule has 2 nitrogen and oxygen atoms in total. The fraction of sp³-hybridized carbons (Fsp3) is 0.917. The Morgan fingerprint density at radius 3 is 2.38 bits per heavy atom. The number of carbonyl (C=O) groups is 1. The molecule has 2 aliphatic carbocycles. The Hall–Kier alpha value is 0.167. The quantitative estimate of drug-likeness (QED) is 0.423. The highest BCUT2D eigenvalue weighted by atomic mass is 79.9. The summed E-state index contributed by atoms with van der Waals surface area (Å²) < 4.78 is 5.58. The highest BCUT2D eigenvalue weighted by Gasteiger charge is 2.71. The van der Waals surface area contributed by atoms with E-state index in [0.29, 0.717) is 22.6 Å². The number of esters is 1. The average Bonchev–Trinajstić information content (AvgIpc) is 2.67. The normalized spacial score (nSPS) is 54.6. The van der Waals surface area contributed by atoms with E-state index in [4.69, 9.17) is 4.74 Å². The highest BCUT2D eigenvalue weighted by molar-refractivity contribution is 9.09. The van der Waals surface area contributed by atoms with Crippen molar-refractivity contribution in [1.82, 2.24) is 0 Å². The molecule has 0 N–H and O–H groups in total. The fourth-order valence-electron chi connectivity index (χ4n) is 4.61. The fourth-order valence-corrected chi connectivity index (χ4v) is 9.38. The predicted molar refractivity (Wildman–Crippen MR) is 69.3 cm³/mol. The van der Waals surface area contributed by atoms with Gasteiger partial charge in [-0.15, -0.1) is 0 Å². The van der Waals surface area contributed by atoms with E-state index in [2.05, 4.69) is 42.5 Å². The zero-order valence-corrected chi connectivity index (χ0v) is 12.8. The first-order valence-corrected chi connectivity index (χ1v) is 10.7. The van der Waals surface area contributed by atoms with E-state index in [0.717, 1.165) is 5.54 Å². The molecule has 3 rings (SSSR count). The molecule has 1 heterocycles. The maximum atomic E-state index is 11.9. The van der Waals surface area contributed by atoms with Crippen LogP contribution in [0.25, 0.3) is 0 Å². The Morgan fingerprint density at radius 1 is 1.25 bits per heavy atom. The van der Waals surface area contributed by atoms with E-state index in [1.54, 1.807) is 0 Å². The summed E-state index contributed by atoms with van der Waals surface area (Å²) in [6, 6.07) is 0. The summed E-state index contributed by atoms with van der Waals surface area (Å²) >= 11 is 3.79. The van der Waals surface area contributed by atoms with Gasteiger partial charge in [-0.25, -0.2) is 0 Å². The van der Waals surface area contributed by atoms with Gasteiger partial charge in [0.15, 0.2) is 0 Å². The highest BCUT2D eigenvalue weighted by Crippen LogP contribution is 2.67. The van der Waals surface area contributed by atoms with Crippen LogP contribution < -0.4 is 0 Å². The minimum Gasteiger partial charge on any atom is -0.461 e. The number of hydrogen-bond donors (Lipinski definition) is 0. The summed E-state index contributed by atoms with van der Waals surface area (Å²) in [6.45, 7) is 9.56. The van der Waals surface area contributed by atoms with Crippen LogP contribution >= 0.6 is 15.9 Å². The number of carbonyl (C=O) groups excluding carboxylic acids is 1. The van der Waals surface area contributed by atoms with E-state index >= 15 is 0 Å². The van der Waals surface area contributed by atoms with E-state index in [9.17, 15) is 4.79 Å². The van der Waals surface area contributed by atoms with Crippen molar-refractivity contribution in [2.45, 2.75) is 43.0 Å². The molecular formula is C12H19BrO2Si. The first-order chi connectivity index (χ1) is 7.34. The van der Waals surface area contributed by atoms with E-state index in [-0.39, 0.29) is 18.0 Å². The van der Waals surface area contributed by atoms with Crippen molar-refractivity contribution in [3.05, 3.63) is 0 Å². The number of rotatable bonds is 1. The van der Waals surface area contributed by atoms with Crippen LogP contribution in [0.3, 0.4) is 0 Å². The minimum absolute atomic E-state index is 0.0789. The van der Waals surface area contributed by atoms with Crippen LogP contribution in [-0.2, 0) is 9.53 Å². The van der Waals surface area contributed by atoms with Gasteiger partial charge >= 0.3 is 5.97 Å². The predicted octanol–water partition coefficient (Wildman–Crippen LogP) is 2.90. The number of halogens is 1. The lowest BCUT2D eigenvalue weighted by atomic mass is 9.81. The molecule has 0 amide bonds. The second kappa shape index (κ2) is 3.13. The summed E-state index contributed by atoms with van der Waals surface area (Å²) in [6.07, 6.45) is 0.176. The van der Waals surface area contributed by atoms with Gasteiger partial charge in [0.1, 0.15) is 6.10 Å². The van der Waals surface area contributed by atoms with Crippen molar-refractivity contribution >= 4 is 30.0 Å². The Bertz CT molecular complexity index is 351. The third-order valence-corrected chi connectivity index (χ3v) is 8.90. The lowest BCUT2D eigenvalue weighted by Gasteiger charge is -2.30. The summed E-state index contributed by atoms with van der Waals surface area (Å²) in [5, 5.41) is 0. The van der Waals surface area contributed by atoms with Crippen molar-refractivity contribution in [3.63, 3.8) is 0 Å². The lowest BCUT2D eigenvalue weighted by Crippen LogP contribution is -2.32. The van der Waals surface area contributed by atoms with E-state index in [1.807, 2.05) is 0 Å². The number of ether oxygens (including phenoxy) is 1. The number of hydrogen-bond acceptors (Lipinski definition) is 2. The molecule has 0 aromatic carbocycles. The molecular weight excluding hydrogens is 284 g/mol. The van der Waals surface area contributed by atoms with Crippen molar-refractivity contribution in [3.8, 4) is 0 Å². The molecule has 90 valence electrons. The van der Waals surface area contributed by atoms with Gasteiger partial charge in [-0.1, -0.05) is 42.5 Å². The van der Waals surface area contributed by atoms with Gasteiger partial charge in [0, 0.05) is 14.0 Å². The van der Waals surface area contributed by atoms with Crippen LogP contribution in [0.15, 0.2) is 0 Å². The largest absolute Gasteiger partial charge is 0.461 e. The second-order valence-electron chi connectivity index (χ2n) is 6.78. The molecule has 3 unspecified atom stereocenters. The summed E-state index contributed by atoms with van der Waals surface area (Å²) in [7, 11) is -1.21. The van der Waals surface area contributed by atoms with Crippen molar-refractivity contribution in [1.29, 1.82) is 0 Å². The molecule has 2 bridgehead atoms. The first kappa shape index (κ1) is 11.3. The lowest BCUT2D eigenvalue weighted by molar-refractivity contribution is -0.143. The minimum atomic E-state index is -1.21. The van der Waals surface area contributed by atoms with Gasteiger partial charge in [0.05, 0.1) is 10.7 Å². The third kappa shape index (κ3) is 1.15. The Labute approximate surface area is 106 Å². The van der Waals surface area contributed by atoms with Crippen LogP contribution in [-0.4, -0.2) is 25.0 Å². The number of alkyl halides is 1. The smallest absolute Gasteiger partial charge is 0.309 e. The summed E-state index contributed by atoms with van der Waals surface area (Å²) in [5.74, 6) is 1.98. The van der Waals surface area contributed by atoms with Gasteiger partial charge in [-0.2, -0.15) is 0 Å². The van der Waals surface area contributed by atoms with Crippen molar-refractivity contribution in [2.24, 2.45) is 23.7 Å². The summed E-state index contributed by atoms with van der Waals surface area (Å²) in [4.78, 5) is 12.3. The Balaban J connectivity index is 2.06. The van der Waals surface area contributed by atoms with Crippen LogP contribution in [0.1, 0.15) is 6.92 Å². The molecule has 0 spiro atoms. The third-order valence-electron chi connectivity index (χ3n) is 5.00. The molecule has 1 aliphatic heterocycles. The molecule has 4 heteroatoms. The Kier molecular flexibility index (Phi) is 2.21. The first-order valence-electron chi connectivity index (χ1n) is 6.18. The zero-order valence-electron chi connectivity index (χ0n) is 10.2. The van der Waals surface area contributed by atoms with E-state index in [1.165, 1.54) is 0 Å². The van der Waals surface area contributed by atoms with Crippen LogP contribution in [0.5, 0.6) is 0 Å². The van der Waals surface area contributed by atoms with Crippen LogP contribution in [0, 0.1) is 23.7 Å². The monoisotopic (exact) mass is 302 g/mol.